The molecule has 88 valence electrons. The molecule has 0 aliphatic rings. The number of alkyl halides is 5. The maximum absolute atomic E-state index is 12.2. The highest BCUT2D eigenvalue weighted by Gasteiger charge is 2.39. The van der Waals surface area contributed by atoms with Crippen molar-refractivity contribution in [3.63, 3.8) is 0 Å². The van der Waals surface area contributed by atoms with Gasteiger partial charge in [0, 0.05) is 17.7 Å². The maximum Gasteiger partial charge on any atom is 0.458 e. The first-order chi connectivity index (χ1) is 7.21. The minimum Gasteiger partial charge on any atom is -0.358 e. The van der Waals surface area contributed by atoms with Gasteiger partial charge < -0.3 is 10.1 Å². The second kappa shape index (κ2) is 3.99. The normalized spacial score (nSPS) is 11.9. The Bertz CT molecular complexity index is 418. The summed E-state index contributed by atoms with van der Waals surface area (Å²) in [6.07, 6.45) is -8.24. The van der Waals surface area contributed by atoms with E-state index in [0.717, 1.165) is 0 Å². The largest absolute Gasteiger partial charge is 0.458 e. The minimum atomic E-state index is -5.00. The van der Waals surface area contributed by atoms with E-state index < -0.39 is 34.6 Å². The molecule has 0 aliphatic carbocycles. The Hall–Kier alpha value is -1.80. The van der Waals surface area contributed by atoms with E-state index in [1.54, 1.807) is 0 Å². The van der Waals surface area contributed by atoms with Crippen molar-refractivity contribution in [2.24, 2.45) is 0 Å². The lowest BCUT2D eigenvalue weighted by molar-refractivity contribution is -0.390. The molecule has 0 N–H and O–H groups in total. The topological polar surface area (TPSA) is 56.0 Å². The van der Waals surface area contributed by atoms with Gasteiger partial charge in [0.1, 0.15) is 0 Å². The fraction of sp³-hybridized carbons (Fsp3) is 0.286. The molecule has 0 atom stereocenters. The summed E-state index contributed by atoms with van der Waals surface area (Å²) in [5.74, 6) is -1.26. The first-order valence-electron chi connectivity index (χ1n) is 3.73. The summed E-state index contributed by atoms with van der Waals surface area (Å²) >= 11 is 0. The van der Waals surface area contributed by atoms with Crippen LogP contribution in [0.3, 0.4) is 0 Å². The smallest absolute Gasteiger partial charge is 0.358 e. The van der Waals surface area contributed by atoms with Gasteiger partial charge in [0.05, 0.1) is 0 Å². The molecular formula is C7H3F5N2O2. The Morgan fingerprint density at radius 3 is 2.25 bits per heavy atom. The zero-order valence-electron chi connectivity index (χ0n) is 7.33. The van der Waals surface area contributed by atoms with Crippen LogP contribution in [0.5, 0.6) is 0 Å². The van der Waals surface area contributed by atoms with Crippen molar-refractivity contribution in [3.05, 3.63) is 33.5 Å². The van der Waals surface area contributed by atoms with Crippen LogP contribution >= 0.6 is 0 Å². The van der Waals surface area contributed by atoms with Crippen LogP contribution in [0.2, 0.25) is 0 Å². The van der Waals surface area contributed by atoms with Gasteiger partial charge in [0.2, 0.25) is 0 Å². The number of nitro groups is 1. The average Bonchev–Trinajstić information content (AvgIpc) is 2.15. The van der Waals surface area contributed by atoms with Crippen molar-refractivity contribution in [3.8, 4) is 0 Å². The number of pyridine rings is 1. The zero-order valence-corrected chi connectivity index (χ0v) is 7.33. The summed E-state index contributed by atoms with van der Waals surface area (Å²) in [6.45, 7) is 0. The van der Waals surface area contributed by atoms with E-state index >= 15 is 0 Å². The van der Waals surface area contributed by atoms with E-state index in [4.69, 9.17) is 0 Å². The molecule has 0 radical (unpaired) electrons. The fourth-order valence-corrected chi connectivity index (χ4v) is 0.901. The van der Waals surface area contributed by atoms with Crippen molar-refractivity contribution >= 4 is 5.82 Å². The molecule has 9 heteroatoms. The first-order valence-corrected chi connectivity index (χ1v) is 3.73. The van der Waals surface area contributed by atoms with E-state index in [1.807, 2.05) is 0 Å². The molecule has 16 heavy (non-hydrogen) atoms. The third-order valence-electron chi connectivity index (χ3n) is 1.56. The molecular weight excluding hydrogens is 239 g/mol. The van der Waals surface area contributed by atoms with E-state index in [2.05, 4.69) is 4.98 Å². The third-order valence-corrected chi connectivity index (χ3v) is 1.56. The molecule has 0 aliphatic heterocycles. The molecule has 0 saturated carbocycles. The molecule has 0 bridgehead atoms. The van der Waals surface area contributed by atoms with Crippen molar-refractivity contribution < 1.29 is 26.9 Å². The number of nitrogens with zero attached hydrogens (tertiary/aromatic N) is 2. The summed E-state index contributed by atoms with van der Waals surface area (Å²) in [4.78, 5) is 11.6. The van der Waals surface area contributed by atoms with Gasteiger partial charge in [-0.05, 0) is 9.91 Å². The molecule has 1 aromatic heterocycles. The lowest BCUT2D eigenvalue weighted by atomic mass is 10.2. The van der Waals surface area contributed by atoms with Crippen molar-refractivity contribution in [1.29, 1.82) is 0 Å². The lowest BCUT2D eigenvalue weighted by Gasteiger charge is -2.04. The van der Waals surface area contributed by atoms with Crippen LogP contribution < -0.4 is 0 Å². The third kappa shape index (κ3) is 2.61. The highest BCUT2D eigenvalue weighted by atomic mass is 19.4. The van der Waals surface area contributed by atoms with Gasteiger partial charge in [0.25, 0.3) is 12.1 Å². The maximum atomic E-state index is 12.2. The van der Waals surface area contributed by atoms with Crippen LogP contribution in [0.25, 0.3) is 0 Å². The first kappa shape index (κ1) is 12.3. The second-order valence-corrected chi connectivity index (χ2v) is 2.70. The van der Waals surface area contributed by atoms with Gasteiger partial charge in [-0.3, -0.25) is 0 Å². The van der Waals surface area contributed by atoms with E-state index in [9.17, 15) is 32.1 Å². The number of halogens is 5. The Kier molecular flexibility index (Phi) is 3.06. The molecule has 1 aromatic rings. The molecule has 0 fully saturated rings. The fourth-order valence-electron chi connectivity index (χ4n) is 0.901. The molecule has 0 saturated heterocycles. The Labute approximate surface area is 84.9 Å². The number of hydrogen-bond acceptors (Lipinski definition) is 3. The van der Waals surface area contributed by atoms with E-state index in [1.165, 1.54) is 0 Å². The SMILES string of the molecule is O=[N+]([O-])c1cc(C(F)F)cc(C(F)(F)F)n1. The summed E-state index contributed by atoms with van der Waals surface area (Å²) in [6, 6.07) is 0.386. The van der Waals surface area contributed by atoms with Gasteiger partial charge in [-0.15, -0.1) is 0 Å². The summed E-state index contributed by atoms with van der Waals surface area (Å²) < 4.78 is 60.8. The molecule has 1 rings (SSSR count). The highest BCUT2D eigenvalue weighted by molar-refractivity contribution is 5.31. The molecule has 0 aromatic carbocycles. The van der Waals surface area contributed by atoms with Crippen molar-refractivity contribution in [2.75, 3.05) is 0 Å². The summed E-state index contributed by atoms with van der Waals surface area (Å²) in [5.41, 5.74) is -2.80. The Morgan fingerprint density at radius 1 is 1.31 bits per heavy atom. The predicted molar refractivity (Wildman–Crippen MR) is 40.9 cm³/mol. The van der Waals surface area contributed by atoms with Crippen LogP contribution in [-0.2, 0) is 6.18 Å². The van der Waals surface area contributed by atoms with Crippen molar-refractivity contribution in [1.82, 2.24) is 4.98 Å². The highest BCUT2D eigenvalue weighted by Crippen LogP contribution is 2.32. The van der Waals surface area contributed by atoms with Crippen LogP contribution in [0.4, 0.5) is 27.8 Å². The molecule has 1 heterocycles. The molecule has 0 amide bonds. The van der Waals surface area contributed by atoms with Gasteiger partial charge in [-0.1, -0.05) is 0 Å². The zero-order chi connectivity index (χ0) is 12.5. The van der Waals surface area contributed by atoms with E-state index in [-0.39, 0.29) is 6.07 Å². The summed E-state index contributed by atoms with van der Waals surface area (Å²) in [7, 11) is 0. The average molecular weight is 242 g/mol. The Balaban J connectivity index is 3.36. The van der Waals surface area contributed by atoms with Crippen LogP contribution in [0.15, 0.2) is 12.1 Å². The van der Waals surface area contributed by atoms with Crippen molar-refractivity contribution in [2.45, 2.75) is 12.6 Å². The molecule has 0 spiro atoms. The standard InChI is InChI=1S/C7H3F5N2O2/c8-6(9)3-1-4(7(10,11)12)13-5(2-3)14(15)16/h1-2,6H. The summed E-state index contributed by atoms with van der Waals surface area (Å²) in [5, 5.41) is 10.2. The van der Waals surface area contributed by atoms with Gasteiger partial charge >= 0.3 is 12.0 Å². The number of rotatable bonds is 2. The Morgan fingerprint density at radius 2 is 1.88 bits per heavy atom. The van der Waals surface area contributed by atoms with Crippen LogP contribution in [0, 0.1) is 10.1 Å². The molecule has 0 unspecified atom stereocenters. The monoisotopic (exact) mass is 242 g/mol. The van der Waals surface area contributed by atoms with E-state index in [0.29, 0.717) is 6.07 Å². The molecule has 4 nitrogen and oxygen atoms in total. The number of aromatic nitrogens is 1. The van der Waals surface area contributed by atoms with Gasteiger partial charge in [-0.2, -0.15) is 13.2 Å². The minimum absolute atomic E-state index is 0.0810. The second-order valence-electron chi connectivity index (χ2n) is 2.70. The van der Waals surface area contributed by atoms with Crippen LogP contribution in [0.1, 0.15) is 17.7 Å². The van der Waals surface area contributed by atoms with Gasteiger partial charge in [-0.25, -0.2) is 8.78 Å². The van der Waals surface area contributed by atoms with Crippen LogP contribution in [-0.4, -0.2) is 9.91 Å². The quantitative estimate of drug-likeness (QED) is 0.455. The van der Waals surface area contributed by atoms with Gasteiger partial charge in [0.15, 0.2) is 0 Å². The number of hydrogen-bond donors (Lipinski definition) is 0. The lowest BCUT2D eigenvalue weighted by Crippen LogP contribution is -2.10. The predicted octanol–water partition coefficient (Wildman–Crippen LogP) is 2.95.